The quantitative estimate of drug-likeness (QED) is 0.127. The fourth-order valence-corrected chi connectivity index (χ4v) is 6.11. The Labute approximate surface area is 246 Å². The minimum Gasteiger partial charge on any atom is -0.385 e. The number of nitrogens with one attached hydrogen (secondary N) is 2. The lowest BCUT2D eigenvalue weighted by Crippen LogP contribution is -2.39. The van der Waals surface area contributed by atoms with Gasteiger partial charge in [0.15, 0.2) is 0 Å². The molecule has 0 saturated heterocycles. The number of rotatable bonds is 13. The van der Waals surface area contributed by atoms with Crippen LogP contribution in [0.1, 0.15) is 55.7 Å². The second-order valence-corrected chi connectivity index (χ2v) is 12.2. The number of carbonyl (C=O) groups is 1. The average Bonchev–Trinajstić information content (AvgIpc) is 3.40. The summed E-state index contributed by atoms with van der Waals surface area (Å²) in [7, 11) is -4.13. The molecule has 0 bridgehead atoms. The molecule has 3 aromatic carbocycles. The highest BCUT2D eigenvalue weighted by Gasteiger charge is 2.22. The molecule has 1 aromatic heterocycles. The third-order valence-corrected chi connectivity index (χ3v) is 8.70. The number of hydrogen-bond donors (Lipinski definition) is 3. The molecule has 4 aromatic rings. The van der Waals surface area contributed by atoms with Crippen LogP contribution in [0.4, 0.5) is 4.79 Å². The van der Waals surface area contributed by atoms with Crippen LogP contribution in [0.15, 0.2) is 95.0 Å². The number of unbranched alkanes of at least 4 members (excludes halogenated alkanes) is 2. The van der Waals surface area contributed by atoms with Crippen LogP contribution >= 0.6 is 11.8 Å². The third-order valence-electron chi connectivity index (χ3n) is 6.69. The summed E-state index contributed by atoms with van der Waals surface area (Å²) >= 11 is 1.54. The number of sulfonamides is 1. The molecule has 10 heteroatoms. The predicted molar refractivity (Wildman–Crippen MR) is 163 cm³/mol. The van der Waals surface area contributed by atoms with Gasteiger partial charge in [-0.3, -0.25) is 0 Å². The first-order valence-corrected chi connectivity index (χ1v) is 16.3. The number of urea groups is 1. The van der Waals surface area contributed by atoms with Gasteiger partial charge in [-0.25, -0.2) is 22.9 Å². The lowest BCUT2D eigenvalue weighted by Gasteiger charge is -2.14. The maximum Gasteiger partial charge on any atom is 0.328 e. The molecule has 0 spiro atoms. The number of hydrogen-bond acceptors (Lipinski definition) is 6. The van der Waals surface area contributed by atoms with Gasteiger partial charge in [0.2, 0.25) is 0 Å². The number of nitrogens with zero attached hydrogens (tertiary/aromatic N) is 2. The van der Waals surface area contributed by atoms with E-state index in [1.54, 1.807) is 18.2 Å². The van der Waals surface area contributed by atoms with E-state index >= 15 is 0 Å². The molecule has 1 atom stereocenters. The molecule has 0 fully saturated rings. The molecule has 0 radical (unpaired) electrons. The predicted octanol–water partition coefficient (Wildman–Crippen LogP) is 6.12. The number of carbonyl (C=O) groups excluding carboxylic acids is 1. The van der Waals surface area contributed by atoms with Gasteiger partial charge >= 0.3 is 6.03 Å². The first-order valence-electron chi connectivity index (χ1n) is 13.6. The molecule has 1 heterocycles. The molecule has 216 valence electrons. The third kappa shape index (κ3) is 8.22. The molecule has 0 saturated carbocycles. The van der Waals surface area contributed by atoms with Crippen LogP contribution in [0.25, 0.3) is 11.1 Å². The van der Waals surface area contributed by atoms with Crippen molar-refractivity contribution in [2.24, 2.45) is 0 Å². The highest BCUT2D eigenvalue weighted by atomic mass is 32.2. The molecule has 2 amide bonds. The lowest BCUT2D eigenvalue weighted by atomic mass is 10.0. The van der Waals surface area contributed by atoms with Crippen molar-refractivity contribution in [2.75, 3.05) is 6.26 Å². The Morgan fingerprint density at radius 3 is 2.39 bits per heavy atom. The number of aromatic nitrogens is 2. The summed E-state index contributed by atoms with van der Waals surface area (Å²) in [5, 5.41) is 14.2. The van der Waals surface area contributed by atoms with E-state index in [9.17, 15) is 18.3 Å². The van der Waals surface area contributed by atoms with Gasteiger partial charge in [-0.1, -0.05) is 99.0 Å². The Hall–Kier alpha value is -3.60. The second kappa shape index (κ2) is 14.3. The minimum absolute atomic E-state index is 0.0133. The van der Waals surface area contributed by atoms with Crippen molar-refractivity contribution in [1.29, 1.82) is 0 Å². The van der Waals surface area contributed by atoms with Crippen molar-refractivity contribution < 1.29 is 18.3 Å². The monoisotopic (exact) mass is 592 g/mol. The van der Waals surface area contributed by atoms with Crippen LogP contribution in [-0.4, -0.2) is 35.4 Å². The fraction of sp³-hybridized carbons (Fsp3) is 0.290. The van der Waals surface area contributed by atoms with E-state index in [2.05, 4.69) is 21.9 Å². The van der Waals surface area contributed by atoms with E-state index < -0.39 is 22.2 Å². The number of benzene rings is 3. The molecule has 8 nitrogen and oxygen atoms in total. The van der Waals surface area contributed by atoms with Gasteiger partial charge in [-0.05, 0) is 35.4 Å². The highest BCUT2D eigenvalue weighted by molar-refractivity contribution is 7.98. The summed E-state index contributed by atoms with van der Waals surface area (Å²) in [4.78, 5) is 17.1. The molecule has 0 aliphatic rings. The summed E-state index contributed by atoms with van der Waals surface area (Å²) in [5.41, 5.74) is 3.04. The van der Waals surface area contributed by atoms with E-state index in [-0.39, 0.29) is 11.4 Å². The number of amides is 2. The second-order valence-electron chi connectivity index (χ2n) is 9.75. The Bertz CT molecular complexity index is 1540. The number of thioether (sulfide) groups is 1. The highest BCUT2D eigenvalue weighted by Crippen LogP contribution is 2.29. The van der Waals surface area contributed by atoms with Gasteiger partial charge in [0.1, 0.15) is 17.0 Å². The van der Waals surface area contributed by atoms with Gasteiger partial charge in [0.05, 0.1) is 4.90 Å². The van der Waals surface area contributed by atoms with Crippen LogP contribution in [-0.2, 0) is 23.1 Å². The molecule has 0 aliphatic carbocycles. The van der Waals surface area contributed by atoms with E-state index in [4.69, 9.17) is 0 Å². The molecule has 1 unspecified atom stereocenters. The SMILES string of the molecule is CCCCCC(O)c1nc(SC)cn1Cc1ccc(-c2ccccc2S(=O)(=O)NC(=O)NCc2ccccc2)cc1. The van der Waals surface area contributed by atoms with Crippen LogP contribution < -0.4 is 10.0 Å². The standard InChI is InChI=1S/C31H36N4O4S2/c1-3-4-6-14-27(36)30-33-29(40-2)22-35(30)21-24-16-18-25(19-17-24)26-13-9-10-15-28(26)41(38,39)34-31(37)32-20-23-11-7-5-8-12-23/h5,7-13,15-19,22,27,36H,3-4,6,14,20-21H2,1-2H3,(H2,32,34,37). The Balaban J connectivity index is 1.48. The Morgan fingerprint density at radius 1 is 0.976 bits per heavy atom. The number of aliphatic hydroxyl groups is 1. The fourth-order valence-electron chi connectivity index (χ4n) is 4.53. The van der Waals surface area contributed by atoms with Crippen molar-refractivity contribution in [1.82, 2.24) is 19.6 Å². The van der Waals surface area contributed by atoms with Gasteiger partial charge in [0.25, 0.3) is 10.0 Å². The minimum atomic E-state index is -4.13. The Kier molecular flexibility index (Phi) is 10.6. The largest absolute Gasteiger partial charge is 0.385 e. The van der Waals surface area contributed by atoms with Crippen molar-refractivity contribution in [3.63, 3.8) is 0 Å². The number of aliphatic hydroxyl groups excluding tert-OH is 1. The first-order chi connectivity index (χ1) is 19.8. The van der Waals surface area contributed by atoms with Crippen LogP contribution in [0.5, 0.6) is 0 Å². The molecular formula is C31H36N4O4S2. The summed E-state index contributed by atoms with van der Waals surface area (Å²) in [6, 6.07) is 22.7. The van der Waals surface area contributed by atoms with Crippen LogP contribution in [0.3, 0.4) is 0 Å². The molecule has 3 N–H and O–H groups in total. The van der Waals surface area contributed by atoms with E-state index in [1.807, 2.05) is 71.6 Å². The molecular weight excluding hydrogens is 556 g/mol. The van der Waals surface area contributed by atoms with Crippen molar-refractivity contribution in [2.45, 2.75) is 61.7 Å². The topological polar surface area (TPSA) is 113 Å². The zero-order valence-electron chi connectivity index (χ0n) is 23.3. The van der Waals surface area contributed by atoms with Crippen LogP contribution in [0, 0.1) is 0 Å². The zero-order valence-corrected chi connectivity index (χ0v) is 24.9. The lowest BCUT2D eigenvalue weighted by molar-refractivity contribution is 0.149. The first kappa shape index (κ1) is 30.4. The number of imidazole rings is 1. The van der Waals surface area contributed by atoms with Gasteiger partial charge in [0, 0.05) is 24.8 Å². The summed E-state index contributed by atoms with van der Waals surface area (Å²) in [6.07, 6.45) is 7.05. The summed E-state index contributed by atoms with van der Waals surface area (Å²) in [6.45, 7) is 2.87. The summed E-state index contributed by atoms with van der Waals surface area (Å²) < 4.78 is 30.5. The molecule has 0 aliphatic heterocycles. The Morgan fingerprint density at radius 2 is 1.68 bits per heavy atom. The van der Waals surface area contributed by atoms with Gasteiger partial charge in [-0.15, -0.1) is 11.8 Å². The summed E-state index contributed by atoms with van der Waals surface area (Å²) in [5.74, 6) is 0.655. The van der Waals surface area contributed by atoms with Crippen LogP contribution in [0.2, 0.25) is 0 Å². The molecule has 41 heavy (non-hydrogen) atoms. The average molecular weight is 593 g/mol. The van der Waals surface area contributed by atoms with E-state index in [0.717, 1.165) is 35.4 Å². The zero-order chi connectivity index (χ0) is 29.2. The van der Waals surface area contributed by atoms with Crippen molar-refractivity contribution in [3.05, 3.63) is 102 Å². The van der Waals surface area contributed by atoms with E-state index in [1.165, 1.54) is 17.8 Å². The van der Waals surface area contributed by atoms with Gasteiger partial charge in [-0.2, -0.15) is 0 Å². The maximum absolute atomic E-state index is 13.2. The van der Waals surface area contributed by atoms with Crippen molar-refractivity contribution >= 4 is 27.8 Å². The smallest absolute Gasteiger partial charge is 0.328 e. The molecule has 4 rings (SSSR count). The van der Waals surface area contributed by atoms with Gasteiger partial charge < -0.3 is 15.0 Å². The van der Waals surface area contributed by atoms with Crippen molar-refractivity contribution in [3.8, 4) is 11.1 Å². The van der Waals surface area contributed by atoms with E-state index in [0.29, 0.717) is 29.9 Å². The maximum atomic E-state index is 13.2. The normalized spacial score (nSPS) is 12.2.